The van der Waals surface area contributed by atoms with Crippen LogP contribution in [0.3, 0.4) is 0 Å². The molecule has 7 nitrogen and oxygen atoms in total. The maximum Gasteiger partial charge on any atom is 0.329 e. The van der Waals surface area contributed by atoms with Crippen molar-refractivity contribution in [2.24, 2.45) is 5.10 Å². The van der Waals surface area contributed by atoms with Crippen LogP contribution in [-0.4, -0.2) is 25.1 Å². The Morgan fingerprint density at radius 3 is 2.42 bits per heavy atom. The van der Waals surface area contributed by atoms with Gasteiger partial charge < -0.3 is 14.8 Å². The fraction of sp³-hybridized carbons (Fsp3) is 0.0870. The summed E-state index contributed by atoms with van der Waals surface area (Å²) in [6, 6.07) is 19.7. The second-order valence-electron chi connectivity index (χ2n) is 6.37. The van der Waals surface area contributed by atoms with Crippen molar-refractivity contribution in [3.8, 4) is 11.5 Å². The largest absolute Gasteiger partial charge is 0.497 e. The molecule has 2 amide bonds. The van der Waals surface area contributed by atoms with Gasteiger partial charge in [-0.3, -0.25) is 9.59 Å². The smallest absolute Gasteiger partial charge is 0.329 e. The number of nitrogens with one attached hydrogen (secondary N) is 2. The third-order valence-corrected chi connectivity index (χ3v) is 4.11. The van der Waals surface area contributed by atoms with E-state index in [4.69, 9.17) is 9.47 Å². The molecule has 0 fully saturated rings. The van der Waals surface area contributed by atoms with Crippen LogP contribution in [0, 0.1) is 5.82 Å². The number of hydrogen-bond donors (Lipinski definition) is 2. The fourth-order valence-electron chi connectivity index (χ4n) is 2.50. The number of hydrogen-bond acceptors (Lipinski definition) is 5. The van der Waals surface area contributed by atoms with Gasteiger partial charge in [0.2, 0.25) is 0 Å². The third kappa shape index (κ3) is 6.67. The topological polar surface area (TPSA) is 89.0 Å². The van der Waals surface area contributed by atoms with E-state index >= 15 is 0 Å². The normalized spacial score (nSPS) is 10.5. The van der Waals surface area contributed by atoms with Crippen molar-refractivity contribution in [3.05, 3.63) is 89.7 Å². The van der Waals surface area contributed by atoms with Crippen LogP contribution < -0.4 is 20.2 Å². The molecule has 8 heteroatoms. The summed E-state index contributed by atoms with van der Waals surface area (Å²) in [5, 5.41) is 6.24. The summed E-state index contributed by atoms with van der Waals surface area (Å²) in [5.74, 6) is -0.866. The Morgan fingerprint density at radius 1 is 0.968 bits per heavy atom. The number of ether oxygens (including phenoxy) is 2. The lowest BCUT2D eigenvalue weighted by atomic mass is 10.2. The van der Waals surface area contributed by atoms with Crippen molar-refractivity contribution in [3.63, 3.8) is 0 Å². The van der Waals surface area contributed by atoms with Gasteiger partial charge in [-0.25, -0.2) is 9.82 Å². The molecule has 0 bridgehead atoms. The molecule has 2 N–H and O–H groups in total. The lowest BCUT2D eigenvalue weighted by molar-refractivity contribution is -0.136. The van der Waals surface area contributed by atoms with Gasteiger partial charge >= 0.3 is 11.8 Å². The zero-order chi connectivity index (χ0) is 22.1. The van der Waals surface area contributed by atoms with Crippen LogP contribution in [0.25, 0.3) is 0 Å². The Kier molecular flexibility index (Phi) is 7.31. The number of halogens is 1. The number of nitrogens with zero attached hydrogens (tertiary/aromatic N) is 1. The molecule has 0 saturated carbocycles. The first-order valence-corrected chi connectivity index (χ1v) is 9.29. The average molecular weight is 421 g/mol. The Labute approximate surface area is 178 Å². The first-order chi connectivity index (χ1) is 15.0. The summed E-state index contributed by atoms with van der Waals surface area (Å²) in [6.45, 7) is 0.312. The van der Waals surface area contributed by atoms with Gasteiger partial charge in [0.25, 0.3) is 0 Å². The van der Waals surface area contributed by atoms with Gasteiger partial charge in [0, 0.05) is 11.8 Å². The van der Waals surface area contributed by atoms with Crippen LogP contribution >= 0.6 is 0 Å². The molecule has 0 aliphatic heterocycles. The zero-order valence-electron chi connectivity index (χ0n) is 16.7. The number of carbonyl (C=O) groups is 2. The predicted octanol–water partition coefficient (Wildman–Crippen LogP) is 3.50. The monoisotopic (exact) mass is 421 g/mol. The second kappa shape index (κ2) is 10.5. The van der Waals surface area contributed by atoms with Crippen LogP contribution in [0.15, 0.2) is 77.9 Å². The number of benzene rings is 3. The molecule has 158 valence electrons. The lowest BCUT2D eigenvalue weighted by Crippen LogP contribution is -2.32. The molecule has 0 aliphatic carbocycles. The van der Waals surface area contributed by atoms with E-state index in [1.54, 1.807) is 60.7 Å². The molecule has 31 heavy (non-hydrogen) atoms. The molecule has 3 aromatic rings. The van der Waals surface area contributed by atoms with E-state index in [9.17, 15) is 14.0 Å². The van der Waals surface area contributed by atoms with Crippen molar-refractivity contribution in [1.29, 1.82) is 0 Å². The van der Waals surface area contributed by atoms with Gasteiger partial charge in [0.15, 0.2) is 0 Å². The second-order valence-corrected chi connectivity index (χ2v) is 6.37. The molecular formula is C23H20FN3O4. The first-order valence-electron chi connectivity index (χ1n) is 9.29. The van der Waals surface area contributed by atoms with E-state index in [-0.39, 0.29) is 5.82 Å². The summed E-state index contributed by atoms with van der Waals surface area (Å²) < 4.78 is 23.6. The van der Waals surface area contributed by atoms with Crippen LogP contribution in [-0.2, 0) is 16.2 Å². The summed E-state index contributed by atoms with van der Waals surface area (Å²) in [6.07, 6.45) is 1.40. The van der Waals surface area contributed by atoms with E-state index in [2.05, 4.69) is 15.8 Å². The number of hydrazone groups is 1. The number of amides is 2. The minimum atomic E-state index is -0.904. The van der Waals surface area contributed by atoms with E-state index in [1.165, 1.54) is 25.5 Å². The van der Waals surface area contributed by atoms with E-state index in [0.29, 0.717) is 29.4 Å². The Balaban J connectivity index is 1.46. The molecule has 0 aromatic heterocycles. The highest BCUT2D eigenvalue weighted by atomic mass is 19.1. The highest BCUT2D eigenvalue weighted by Gasteiger charge is 2.13. The summed E-state index contributed by atoms with van der Waals surface area (Å²) in [7, 11) is 1.51. The molecular weight excluding hydrogens is 401 g/mol. The van der Waals surface area contributed by atoms with E-state index in [1.807, 2.05) is 0 Å². The Morgan fingerprint density at radius 2 is 1.71 bits per heavy atom. The molecule has 3 aromatic carbocycles. The standard InChI is InChI=1S/C23H20FN3O4/c1-30-21-4-2-3-19(13-21)26-22(28)23(29)27-25-14-16-7-11-20(12-8-16)31-15-17-5-9-18(24)10-6-17/h2-14H,15H2,1H3,(H,26,28)(H,27,29)/b25-14-. The molecule has 0 heterocycles. The summed E-state index contributed by atoms with van der Waals surface area (Å²) in [5.41, 5.74) is 4.15. The molecule has 0 saturated heterocycles. The number of rotatable bonds is 7. The van der Waals surface area contributed by atoms with Gasteiger partial charge in [0.1, 0.15) is 23.9 Å². The van der Waals surface area contributed by atoms with Crippen LogP contribution in [0.4, 0.5) is 10.1 Å². The Hall–Kier alpha value is -4.20. The molecule has 0 atom stereocenters. The molecule has 0 radical (unpaired) electrons. The third-order valence-electron chi connectivity index (χ3n) is 4.11. The van der Waals surface area contributed by atoms with E-state index in [0.717, 1.165) is 5.56 Å². The molecule has 0 unspecified atom stereocenters. The number of carbonyl (C=O) groups excluding carboxylic acids is 2. The lowest BCUT2D eigenvalue weighted by Gasteiger charge is -2.06. The average Bonchev–Trinajstić information content (AvgIpc) is 2.79. The maximum atomic E-state index is 12.9. The van der Waals surface area contributed by atoms with Gasteiger partial charge in [-0.05, 0) is 59.7 Å². The van der Waals surface area contributed by atoms with Crippen molar-refractivity contribution in [2.75, 3.05) is 12.4 Å². The van der Waals surface area contributed by atoms with Gasteiger partial charge in [-0.2, -0.15) is 5.10 Å². The van der Waals surface area contributed by atoms with Crippen molar-refractivity contribution in [2.45, 2.75) is 6.61 Å². The first kappa shape index (κ1) is 21.5. The molecule has 0 aliphatic rings. The van der Waals surface area contributed by atoms with Gasteiger partial charge in [-0.1, -0.05) is 18.2 Å². The van der Waals surface area contributed by atoms with E-state index < -0.39 is 11.8 Å². The van der Waals surface area contributed by atoms with Gasteiger partial charge in [-0.15, -0.1) is 0 Å². The van der Waals surface area contributed by atoms with Crippen molar-refractivity contribution < 1.29 is 23.5 Å². The van der Waals surface area contributed by atoms with Crippen molar-refractivity contribution in [1.82, 2.24) is 5.43 Å². The van der Waals surface area contributed by atoms with Gasteiger partial charge in [0.05, 0.1) is 13.3 Å². The fourth-order valence-corrected chi connectivity index (χ4v) is 2.50. The Bertz CT molecular complexity index is 1070. The van der Waals surface area contributed by atoms with Crippen LogP contribution in [0.5, 0.6) is 11.5 Å². The minimum absolute atomic E-state index is 0.294. The quantitative estimate of drug-likeness (QED) is 0.347. The van der Waals surface area contributed by atoms with Crippen LogP contribution in [0.1, 0.15) is 11.1 Å². The number of anilines is 1. The zero-order valence-corrected chi connectivity index (χ0v) is 16.7. The minimum Gasteiger partial charge on any atom is -0.497 e. The highest BCUT2D eigenvalue weighted by molar-refractivity contribution is 6.39. The maximum absolute atomic E-state index is 12.9. The number of methoxy groups -OCH3 is 1. The summed E-state index contributed by atoms with van der Waals surface area (Å²) >= 11 is 0. The highest BCUT2D eigenvalue weighted by Crippen LogP contribution is 2.16. The van der Waals surface area contributed by atoms with Crippen molar-refractivity contribution >= 4 is 23.7 Å². The predicted molar refractivity (Wildman–Crippen MR) is 115 cm³/mol. The SMILES string of the molecule is COc1cccc(NC(=O)C(=O)N/N=C\c2ccc(OCc3ccc(F)cc3)cc2)c1. The molecule has 0 spiro atoms. The summed E-state index contributed by atoms with van der Waals surface area (Å²) in [4.78, 5) is 23.8. The molecule has 3 rings (SSSR count). The van der Waals surface area contributed by atoms with Crippen LogP contribution in [0.2, 0.25) is 0 Å².